The molecule has 3 atom stereocenters. The molecule has 0 aliphatic carbocycles. The average molecular weight is 422 g/mol. The SMILES string of the molecule is COc1ccc(-c2nnc([C@H](C)[NH+]3CCC[C@H](c4nc5ccccc5s4)C3)o2)cc1. The second-order valence-electron chi connectivity index (χ2n) is 7.87. The highest BCUT2D eigenvalue weighted by Gasteiger charge is 2.33. The van der Waals surface area contributed by atoms with Gasteiger partial charge in [-0.3, -0.25) is 0 Å². The molecule has 0 bridgehead atoms. The lowest BCUT2D eigenvalue weighted by atomic mass is 9.97. The van der Waals surface area contributed by atoms with Crippen molar-refractivity contribution in [3.63, 3.8) is 0 Å². The van der Waals surface area contributed by atoms with Crippen molar-refractivity contribution in [2.45, 2.75) is 31.7 Å². The van der Waals surface area contributed by atoms with Crippen LogP contribution in [0, 0.1) is 0 Å². The largest absolute Gasteiger partial charge is 0.497 e. The lowest BCUT2D eigenvalue weighted by Gasteiger charge is -2.31. The van der Waals surface area contributed by atoms with E-state index in [2.05, 4.69) is 41.4 Å². The van der Waals surface area contributed by atoms with Gasteiger partial charge >= 0.3 is 0 Å². The molecule has 0 saturated carbocycles. The fourth-order valence-electron chi connectivity index (χ4n) is 4.20. The van der Waals surface area contributed by atoms with E-state index in [4.69, 9.17) is 14.1 Å². The first-order valence-electron chi connectivity index (χ1n) is 10.4. The molecule has 4 aromatic rings. The number of hydrogen-bond donors (Lipinski definition) is 1. The van der Waals surface area contributed by atoms with Crippen LogP contribution in [0.25, 0.3) is 21.7 Å². The van der Waals surface area contributed by atoms with Gasteiger partial charge in [-0.2, -0.15) is 0 Å². The number of fused-ring (bicyclic) bond motifs is 1. The van der Waals surface area contributed by atoms with Crippen LogP contribution in [-0.2, 0) is 0 Å². The smallest absolute Gasteiger partial charge is 0.274 e. The number of benzene rings is 2. The van der Waals surface area contributed by atoms with Crippen molar-refractivity contribution in [2.24, 2.45) is 0 Å². The monoisotopic (exact) mass is 421 g/mol. The number of thiazole rings is 1. The second-order valence-corrected chi connectivity index (χ2v) is 8.93. The van der Waals surface area contributed by atoms with Gasteiger partial charge in [0, 0.05) is 5.56 Å². The quantitative estimate of drug-likeness (QED) is 0.530. The van der Waals surface area contributed by atoms with Crippen molar-refractivity contribution in [3.8, 4) is 17.2 Å². The van der Waals surface area contributed by atoms with Gasteiger partial charge in [-0.05, 0) is 56.2 Å². The van der Waals surface area contributed by atoms with E-state index in [0.717, 1.165) is 29.9 Å². The minimum atomic E-state index is 0.154. The van der Waals surface area contributed by atoms with Crippen LogP contribution >= 0.6 is 11.3 Å². The number of quaternary nitrogens is 1. The standard InChI is InChI=1S/C23H24N4O2S/c1-15(21-25-26-22(29-21)16-9-11-18(28-2)12-10-16)27-13-5-6-17(14-27)23-24-19-7-3-4-8-20(19)30-23/h3-4,7-12,15,17H,5-6,13-14H2,1-2H3/p+1/t15-,17-/m0/s1. The Kier molecular flexibility index (Phi) is 5.23. The molecule has 3 heterocycles. The molecule has 154 valence electrons. The van der Waals surface area contributed by atoms with Crippen molar-refractivity contribution in [1.29, 1.82) is 0 Å². The van der Waals surface area contributed by atoms with Crippen LogP contribution in [-0.4, -0.2) is 35.4 Å². The molecule has 7 heteroatoms. The molecule has 30 heavy (non-hydrogen) atoms. The number of piperidine rings is 1. The van der Waals surface area contributed by atoms with Crippen molar-refractivity contribution in [1.82, 2.24) is 15.2 Å². The molecule has 0 amide bonds. The predicted molar refractivity (Wildman–Crippen MR) is 117 cm³/mol. The third-order valence-corrected chi connectivity index (χ3v) is 7.18. The summed E-state index contributed by atoms with van der Waals surface area (Å²) in [7, 11) is 1.66. The van der Waals surface area contributed by atoms with E-state index in [0.29, 0.717) is 17.7 Å². The molecule has 2 aromatic carbocycles. The molecule has 0 spiro atoms. The summed E-state index contributed by atoms with van der Waals surface area (Å²) >= 11 is 1.83. The molecule has 1 fully saturated rings. The molecule has 1 N–H and O–H groups in total. The number of nitrogens with one attached hydrogen (secondary N) is 1. The van der Waals surface area contributed by atoms with Gasteiger partial charge in [0.15, 0.2) is 6.04 Å². The van der Waals surface area contributed by atoms with Crippen LogP contribution in [0.4, 0.5) is 0 Å². The zero-order valence-electron chi connectivity index (χ0n) is 17.2. The van der Waals surface area contributed by atoms with E-state index in [1.54, 1.807) is 7.11 Å². The summed E-state index contributed by atoms with van der Waals surface area (Å²) in [5, 5.41) is 9.90. The highest BCUT2D eigenvalue weighted by Crippen LogP contribution is 2.31. The summed E-state index contributed by atoms with van der Waals surface area (Å²) < 4.78 is 12.5. The zero-order valence-corrected chi connectivity index (χ0v) is 18.0. The van der Waals surface area contributed by atoms with Gasteiger partial charge < -0.3 is 14.1 Å². The summed E-state index contributed by atoms with van der Waals surface area (Å²) in [5.41, 5.74) is 2.02. The van der Waals surface area contributed by atoms with Crippen LogP contribution < -0.4 is 9.64 Å². The predicted octanol–water partition coefficient (Wildman–Crippen LogP) is 3.88. The normalized spacial score (nSPS) is 20.3. The first-order valence-corrected chi connectivity index (χ1v) is 11.2. The van der Waals surface area contributed by atoms with Gasteiger partial charge in [0.1, 0.15) is 10.8 Å². The number of para-hydroxylation sites is 1. The lowest BCUT2D eigenvalue weighted by Crippen LogP contribution is -3.13. The van der Waals surface area contributed by atoms with Crippen molar-refractivity contribution < 1.29 is 14.1 Å². The van der Waals surface area contributed by atoms with E-state index < -0.39 is 0 Å². The highest BCUT2D eigenvalue weighted by molar-refractivity contribution is 7.18. The molecule has 1 aliphatic heterocycles. The van der Waals surface area contributed by atoms with E-state index >= 15 is 0 Å². The summed E-state index contributed by atoms with van der Waals surface area (Å²) in [4.78, 5) is 6.39. The topological polar surface area (TPSA) is 65.5 Å². The minimum Gasteiger partial charge on any atom is -0.497 e. The Bertz CT molecular complexity index is 1100. The number of methoxy groups -OCH3 is 1. The number of rotatable bonds is 5. The highest BCUT2D eigenvalue weighted by atomic mass is 32.1. The Balaban J connectivity index is 1.32. The summed E-state index contributed by atoms with van der Waals surface area (Å²) in [6, 6.07) is 16.2. The van der Waals surface area contributed by atoms with Crippen molar-refractivity contribution in [3.05, 3.63) is 59.4 Å². The molecular weight excluding hydrogens is 396 g/mol. The Labute approximate surface area is 179 Å². The first-order chi connectivity index (χ1) is 14.7. The fraction of sp³-hybridized carbons (Fsp3) is 0.348. The Hall–Kier alpha value is -2.77. The van der Waals surface area contributed by atoms with Gasteiger partial charge in [-0.1, -0.05) is 12.1 Å². The lowest BCUT2D eigenvalue weighted by molar-refractivity contribution is -0.937. The van der Waals surface area contributed by atoms with Crippen LogP contribution in [0.3, 0.4) is 0 Å². The maximum absolute atomic E-state index is 6.05. The Morgan fingerprint density at radius 2 is 1.97 bits per heavy atom. The van der Waals surface area contributed by atoms with E-state index in [1.165, 1.54) is 27.4 Å². The maximum atomic E-state index is 6.05. The van der Waals surface area contributed by atoms with Gasteiger partial charge in [0.25, 0.3) is 5.89 Å². The molecule has 1 unspecified atom stereocenters. The van der Waals surface area contributed by atoms with Crippen molar-refractivity contribution >= 4 is 21.6 Å². The maximum Gasteiger partial charge on any atom is 0.274 e. The molecule has 1 aliphatic rings. The number of likely N-dealkylation sites (tertiary alicyclic amines) is 1. The van der Waals surface area contributed by atoms with Gasteiger partial charge in [-0.15, -0.1) is 21.5 Å². The third-order valence-electron chi connectivity index (χ3n) is 5.98. The van der Waals surface area contributed by atoms with Crippen molar-refractivity contribution in [2.75, 3.05) is 20.2 Å². The Morgan fingerprint density at radius 1 is 1.13 bits per heavy atom. The number of ether oxygens (including phenoxy) is 1. The fourth-order valence-corrected chi connectivity index (χ4v) is 5.30. The minimum absolute atomic E-state index is 0.154. The van der Waals surface area contributed by atoms with Gasteiger partial charge in [0.2, 0.25) is 5.89 Å². The first kappa shape index (κ1) is 19.2. The van der Waals surface area contributed by atoms with E-state index in [1.807, 2.05) is 35.6 Å². The molecule has 1 saturated heterocycles. The van der Waals surface area contributed by atoms with Crippen LogP contribution in [0.1, 0.15) is 42.6 Å². The summed E-state index contributed by atoms with van der Waals surface area (Å²) in [5.74, 6) is 2.54. The molecule has 0 radical (unpaired) electrons. The van der Waals surface area contributed by atoms with E-state index in [9.17, 15) is 0 Å². The molecule has 6 nitrogen and oxygen atoms in total. The van der Waals surface area contributed by atoms with Gasteiger partial charge in [0.05, 0.1) is 36.3 Å². The summed E-state index contributed by atoms with van der Waals surface area (Å²) in [6.07, 6.45) is 2.37. The summed E-state index contributed by atoms with van der Waals surface area (Å²) in [6.45, 7) is 4.34. The third kappa shape index (κ3) is 3.70. The van der Waals surface area contributed by atoms with Crippen LogP contribution in [0.5, 0.6) is 5.75 Å². The van der Waals surface area contributed by atoms with Crippen LogP contribution in [0.15, 0.2) is 52.9 Å². The molecule has 2 aromatic heterocycles. The number of hydrogen-bond acceptors (Lipinski definition) is 6. The van der Waals surface area contributed by atoms with Crippen LogP contribution in [0.2, 0.25) is 0 Å². The van der Waals surface area contributed by atoms with E-state index in [-0.39, 0.29) is 6.04 Å². The van der Waals surface area contributed by atoms with Gasteiger partial charge in [-0.25, -0.2) is 4.98 Å². The zero-order chi connectivity index (χ0) is 20.5. The molecular formula is C23H25N4O2S+. The number of aromatic nitrogens is 3. The second kappa shape index (κ2) is 8.16. The number of nitrogens with zero attached hydrogens (tertiary/aromatic N) is 3. The molecule has 5 rings (SSSR count). The Morgan fingerprint density at radius 3 is 2.77 bits per heavy atom. The average Bonchev–Trinajstić information content (AvgIpc) is 3.46.